The molecule has 6 nitrogen and oxygen atoms in total. The van der Waals surface area contributed by atoms with Crippen molar-refractivity contribution in [1.82, 2.24) is 5.32 Å². The molecule has 0 aliphatic rings. The van der Waals surface area contributed by atoms with Gasteiger partial charge in [0.15, 0.2) is 0 Å². The molecule has 0 aliphatic carbocycles. The topological polar surface area (TPSA) is 84.9 Å². The molecule has 28 heavy (non-hydrogen) atoms. The Morgan fingerprint density at radius 3 is 2.46 bits per heavy atom. The lowest BCUT2D eigenvalue weighted by molar-refractivity contribution is -0.137. The highest BCUT2D eigenvalue weighted by Gasteiger charge is 2.25. The molecule has 0 radical (unpaired) electrons. The van der Waals surface area contributed by atoms with E-state index in [0.29, 0.717) is 22.6 Å². The Hall–Kier alpha value is -3.09. The Labute approximate surface area is 163 Å². The number of nitrogens with one attached hydrogen (secondary N) is 1. The van der Waals surface area contributed by atoms with Crippen molar-refractivity contribution in [1.29, 1.82) is 0 Å². The lowest BCUT2D eigenvalue weighted by atomic mass is 9.97. The van der Waals surface area contributed by atoms with Crippen molar-refractivity contribution < 1.29 is 28.6 Å². The number of aliphatic carboxylic acids is 1. The number of hydrogen-bond donors (Lipinski definition) is 2. The van der Waals surface area contributed by atoms with E-state index in [2.05, 4.69) is 5.32 Å². The lowest BCUT2D eigenvalue weighted by Gasteiger charge is -2.22. The minimum atomic E-state index is -1.06. The monoisotopic (exact) mass is 389 g/mol. The van der Waals surface area contributed by atoms with E-state index in [-0.39, 0.29) is 24.6 Å². The number of methoxy groups -OCH3 is 2. The van der Waals surface area contributed by atoms with Crippen molar-refractivity contribution in [3.8, 4) is 11.5 Å². The van der Waals surface area contributed by atoms with E-state index in [1.165, 1.54) is 20.3 Å². The van der Waals surface area contributed by atoms with Crippen LogP contribution in [0, 0.1) is 11.7 Å². The molecule has 2 unspecified atom stereocenters. The highest BCUT2D eigenvalue weighted by molar-refractivity contribution is 5.80. The van der Waals surface area contributed by atoms with Gasteiger partial charge >= 0.3 is 5.97 Å². The van der Waals surface area contributed by atoms with Crippen LogP contribution in [0.25, 0.3) is 0 Å². The normalized spacial score (nSPS) is 12.7. The molecule has 0 fully saturated rings. The predicted molar refractivity (Wildman–Crippen MR) is 102 cm³/mol. The van der Waals surface area contributed by atoms with E-state index < -0.39 is 17.9 Å². The molecule has 0 aromatic heterocycles. The van der Waals surface area contributed by atoms with Crippen molar-refractivity contribution in [2.24, 2.45) is 5.92 Å². The van der Waals surface area contributed by atoms with Gasteiger partial charge in [-0.2, -0.15) is 0 Å². The van der Waals surface area contributed by atoms with Gasteiger partial charge in [0.1, 0.15) is 17.3 Å². The quantitative estimate of drug-likeness (QED) is 0.687. The van der Waals surface area contributed by atoms with E-state index >= 15 is 0 Å². The fourth-order valence-electron chi connectivity index (χ4n) is 2.92. The molecule has 0 spiro atoms. The van der Waals surface area contributed by atoms with E-state index in [0.717, 1.165) is 0 Å². The molecule has 7 heteroatoms. The maximum atomic E-state index is 13.8. The third kappa shape index (κ3) is 5.45. The van der Waals surface area contributed by atoms with Crippen LogP contribution in [0.4, 0.5) is 4.39 Å². The number of carbonyl (C=O) groups is 2. The van der Waals surface area contributed by atoms with Gasteiger partial charge in [-0.05, 0) is 30.2 Å². The van der Waals surface area contributed by atoms with Crippen LogP contribution in [0.1, 0.15) is 30.5 Å². The van der Waals surface area contributed by atoms with Crippen molar-refractivity contribution in [3.05, 3.63) is 59.4 Å². The summed E-state index contributed by atoms with van der Waals surface area (Å²) in [5.41, 5.74) is 0.958. The summed E-state index contributed by atoms with van der Waals surface area (Å²) in [7, 11) is 2.97. The molecule has 0 heterocycles. The standard InChI is InChI=1S/C21H24FNO5/c1-13(10-14-6-4-5-7-17(14)22)21(26)23-18(12-20(24)25)16-9-8-15(27-2)11-19(16)28-3/h4-9,11,13,18H,10,12H2,1-3H3,(H,23,26)(H,24,25). The second-order valence-corrected chi connectivity index (χ2v) is 6.46. The largest absolute Gasteiger partial charge is 0.497 e. The van der Waals surface area contributed by atoms with Crippen LogP contribution in [0.2, 0.25) is 0 Å². The van der Waals surface area contributed by atoms with Crippen LogP contribution in [0.15, 0.2) is 42.5 Å². The Morgan fingerprint density at radius 2 is 1.86 bits per heavy atom. The Bertz CT molecular complexity index is 839. The summed E-state index contributed by atoms with van der Waals surface area (Å²) in [6.45, 7) is 1.67. The van der Waals surface area contributed by atoms with Gasteiger partial charge in [0.2, 0.25) is 5.91 Å². The van der Waals surface area contributed by atoms with E-state index in [9.17, 15) is 19.1 Å². The summed E-state index contributed by atoms with van der Waals surface area (Å²) >= 11 is 0. The number of rotatable bonds is 9. The van der Waals surface area contributed by atoms with Gasteiger partial charge < -0.3 is 19.9 Å². The fraction of sp³-hybridized carbons (Fsp3) is 0.333. The molecule has 0 aliphatic heterocycles. The van der Waals surface area contributed by atoms with Gasteiger partial charge in [-0.25, -0.2) is 4.39 Å². The Kier molecular flexibility index (Phi) is 7.37. The van der Waals surface area contributed by atoms with E-state index in [1.807, 2.05) is 0 Å². The number of hydrogen-bond acceptors (Lipinski definition) is 4. The first-order valence-corrected chi connectivity index (χ1v) is 8.83. The third-order valence-electron chi connectivity index (χ3n) is 4.44. The molecule has 1 amide bonds. The van der Waals surface area contributed by atoms with Crippen LogP contribution in [-0.2, 0) is 16.0 Å². The van der Waals surface area contributed by atoms with E-state index in [4.69, 9.17) is 9.47 Å². The molecule has 2 aromatic rings. The van der Waals surface area contributed by atoms with Crippen LogP contribution >= 0.6 is 0 Å². The summed E-state index contributed by atoms with van der Waals surface area (Å²) in [6, 6.07) is 10.4. The molecular weight excluding hydrogens is 365 g/mol. The molecule has 150 valence electrons. The summed E-state index contributed by atoms with van der Waals surface area (Å²) < 4.78 is 24.3. The maximum absolute atomic E-state index is 13.8. The average molecular weight is 389 g/mol. The third-order valence-corrected chi connectivity index (χ3v) is 4.44. The molecule has 0 saturated heterocycles. The van der Waals surface area contributed by atoms with Gasteiger partial charge in [0.05, 0.1) is 26.7 Å². The Morgan fingerprint density at radius 1 is 1.14 bits per heavy atom. The zero-order chi connectivity index (χ0) is 20.7. The number of amides is 1. The highest BCUT2D eigenvalue weighted by atomic mass is 19.1. The number of ether oxygens (including phenoxy) is 2. The van der Waals surface area contributed by atoms with Crippen molar-refractivity contribution in [2.75, 3.05) is 14.2 Å². The summed E-state index contributed by atoms with van der Waals surface area (Å²) in [4.78, 5) is 24.0. The summed E-state index contributed by atoms with van der Waals surface area (Å²) in [5.74, 6) is -1.39. The molecule has 2 aromatic carbocycles. The van der Waals surface area contributed by atoms with Gasteiger partial charge in [-0.1, -0.05) is 25.1 Å². The van der Waals surface area contributed by atoms with Crippen molar-refractivity contribution in [3.63, 3.8) is 0 Å². The first-order chi connectivity index (χ1) is 13.3. The SMILES string of the molecule is COc1ccc(C(CC(=O)O)NC(=O)C(C)Cc2ccccc2F)c(OC)c1. The first kappa shape index (κ1) is 21.2. The van der Waals surface area contributed by atoms with Crippen molar-refractivity contribution >= 4 is 11.9 Å². The first-order valence-electron chi connectivity index (χ1n) is 8.83. The van der Waals surface area contributed by atoms with Crippen LogP contribution in [0.5, 0.6) is 11.5 Å². The number of carboxylic acid groups (broad SMARTS) is 1. The van der Waals surface area contributed by atoms with Gasteiger partial charge in [-0.15, -0.1) is 0 Å². The zero-order valence-corrected chi connectivity index (χ0v) is 16.1. The second-order valence-electron chi connectivity index (χ2n) is 6.46. The fourth-order valence-corrected chi connectivity index (χ4v) is 2.92. The minimum absolute atomic E-state index is 0.206. The van der Waals surface area contributed by atoms with Crippen LogP contribution < -0.4 is 14.8 Å². The molecule has 2 N–H and O–H groups in total. The van der Waals surface area contributed by atoms with Gasteiger partial charge in [-0.3, -0.25) is 9.59 Å². The predicted octanol–water partition coefficient (Wildman–Crippen LogP) is 3.35. The summed E-state index contributed by atoms with van der Waals surface area (Å²) in [6.07, 6.45) is -0.112. The lowest BCUT2D eigenvalue weighted by Crippen LogP contribution is -2.35. The molecule has 0 saturated carbocycles. The average Bonchev–Trinajstić information content (AvgIpc) is 2.68. The smallest absolute Gasteiger partial charge is 0.305 e. The highest BCUT2D eigenvalue weighted by Crippen LogP contribution is 2.31. The second kappa shape index (κ2) is 9.73. The van der Waals surface area contributed by atoms with E-state index in [1.54, 1.807) is 43.3 Å². The minimum Gasteiger partial charge on any atom is -0.497 e. The molecule has 0 bridgehead atoms. The van der Waals surface area contributed by atoms with Gasteiger partial charge in [0.25, 0.3) is 0 Å². The van der Waals surface area contributed by atoms with Crippen molar-refractivity contribution in [2.45, 2.75) is 25.8 Å². The van der Waals surface area contributed by atoms with Crippen LogP contribution in [0.3, 0.4) is 0 Å². The number of benzene rings is 2. The molecule has 2 atom stereocenters. The number of carboxylic acids is 1. The Balaban J connectivity index is 2.21. The van der Waals surface area contributed by atoms with Crippen LogP contribution in [-0.4, -0.2) is 31.2 Å². The zero-order valence-electron chi connectivity index (χ0n) is 16.1. The number of halogens is 1. The molecule has 2 rings (SSSR count). The summed E-state index contributed by atoms with van der Waals surface area (Å²) in [5, 5.41) is 12.0. The number of carbonyl (C=O) groups excluding carboxylic acids is 1. The maximum Gasteiger partial charge on any atom is 0.305 e. The molecular formula is C21H24FNO5. The van der Waals surface area contributed by atoms with Gasteiger partial charge in [0, 0.05) is 17.5 Å².